The molecule has 0 spiro atoms. The van der Waals surface area contributed by atoms with Gasteiger partial charge in [0.25, 0.3) is 11.1 Å². The normalized spacial score (nSPS) is 11.1. The number of fused-ring (bicyclic) bond motifs is 1. The van der Waals surface area contributed by atoms with Gasteiger partial charge in [0.05, 0.1) is 17.0 Å². The monoisotopic (exact) mass is 416 g/mol. The van der Waals surface area contributed by atoms with Crippen molar-refractivity contribution in [3.8, 4) is 17.2 Å². The van der Waals surface area contributed by atoms with Crippen molar-refractivity contribution in [2.45, 2.75) is 11.8 Å². The molecule has 0 aliphatic heterocycles. The van der Waals surface area contributed by atoms with Gasteiger partial charge in [0.15, 0.2) is 0 Å². The van der Waals surface area contributed by atoms with Crippen LogP contribution < -0.4 is 10.1 Å². The summed E-state index contributed by atoms with van der Waals surface area (Å²) in [7, 11) is 0. The maximum atomic E-state index is 12.5. The predicted molar refractivity (Wildman–Crippen MR) is 104 cm³/mol. The summed E-state index contributed by atoms with van der Waals surface area (Å²) in [5.41, 5.74) is 1.87. The average Bonchev–Trinajstić information content (AvgIpc) is 3.34. The third-order valence-corrected chi connectivity index (χ3v) is 4.75. The minimum Gasteiger partial charge on any atom is -0.433 e. The number of nitrogens with zero attached hydrogens (tertiary/aromatic N) is 2. The highest BCUT2D eigenvalue weighted by Gasteiger charge is 2.16. The number of ether oxygens (including phenoxy) is 1. The summed E-state index contributed by atoms with van der Waals surface area (Å²) in [6.45, 7) is -2.98. The number of anilines is 1. The second-order valence-corrected chi connectivity index (χ2v) is 6.76. The summed E-state index contributed by atoms with van der Waals surface area (Å²) in [6.07, 6.45) is 1.78. The van der Waals surface area contributed by atoms with Crippen LogP contribution in [0.1, 0.15) is 0 Å². The molecule has 0 saturated carbocycles. The summed E-state index contributed by atoms with van der Waals surface area (Å²) in [5, 5.41) is 11.7. The molecule has 0 aliphatic rings. The highest BCUT2D eigenvalue weighted by molar-refractivity contribution is 7.99. The molecule has 0 fully saturated rings. The van der Waals surface area contributed by atoms with Gasteiger partial charge < -0.3 is 19.5 Å². The number of carbonyl (C=O) groups is 1. The van der Waals surface area contributed by atoms with Crippen molar-refractivity contribution in [2.75, 3.05) is 11.1 Å². The molecule has 0 bridgehead atoms. The van der Waals surface area contributed by atoms with Gasteiger partial charge in [-0.2, -0.15) is 8.78 Å². The first-order valence-corrected chi connectivity index (χ1v) is 9.45. The number of carbonyl (C=O) groups excluding carboxylic acids is 1. The second-order valence-electron chi connectivity index (χ2n) is 5.83. The maximum absolute atomic E-state index is 12.5. The number of halogens is 2. The summed E-state index contributed by atoms with van der Waals surface area (Å²) in [5.74, 6) is -0.244. The molecule has 0 aliphatic carbocycles. The van der Waals surface area contributed by atoms with Crippen molar-refractivity contribution in [3.63, 3.8) is 0 Å². The van der Waals surface area contributed by atoms with Crippen LogP contribution in [-0.2, 0) is 4.79 Å². The van der Waals surface area contributed by atoms with Gasteiger partial charge >= 0.3 is 6.61 Å². The van der Waals surface area contributed by atoms with E-state index in [9.17, 15) is 13.6 Å². The molecule has 148 valence electrons. The topological polar surface area (TPSA) is 93.0 Å². The SMILES string of the molecule is O=C(CSc1nnc(-c2c[nH]c3ccccc23)o1)Nc1ccccc1OC(F)F. The van der Waals surface area contributed by atoms with E-state index in [0.717, 1.165) is 28.2 Å². The van der Waals surface area contributed by atoms with Gasteiger partial charge in [0, 0.05) is 17.1 Å². The molecule has 0 atom stereocenters. The third kappa shape index (κ3) is 4.37. The number of amides is 1. The van der Waals surface area contributed by atoms with Crippen LogP contribution >= 0.6 is 11.8 Å². The zero-order chi connectivity index (χ0) is 20.2. The smallest absolute Gasteiger partial charge is 0.387 e. The van der Waals surface area contributed by atoms with Crippen molar-refractivity contribution in [3.05, 3.63) is 54.7 Å². The first-order valence-electron chi connectivity index (χ1n) is 8.46. The first-order chi connectivity index (χ1) is 14.1. The second kappa shape index (κ2) is 8.31. The molecule has 4 aromatic rings. The van der Waals surface area contributed by atoms with E-state index in [-0.39, 0.29) is 22.4 Å². The van der Waals surface area contributed by atoms with Gasteiger partial charge in [-0.3, -0.25) is 4.79 Å². The molecular weight excluding hydrogens is 402 g/mol. The minimum atomic E-state index is -2.98. The molecule has 7 nitrogen and oxygen atoms in total. The molecule has 10 heteroatoms. The lowest BCUT2D eigenvalue weighted by Crippen LogP contribution is -2.15. The Morgan fingerprint density at radius 3 is 2.83 bits per heavy atom. The zero-order valence-corrected chi connectivity index (χ0v) is 15.6. The fraction of sp³-hybridized carbons (Fsp3) is 0.105. The number of thioether (sulfide) groups is 1. The Morgan fingerprint density at radius 2 is 1.97 bits per heavy atom. The minimum absolute atomic E-state index is 0.0431. The van der Waals surface area contributed by atoms with E-state index in [1.165, 1.54) is 18.2 Å². The van der Waals surface area contributed by atoms with Crippen LogP contribution in [0.15, 0.2) is 64.4 Å². The molecule has 0 saturated heterocycles. The van der Waals surface area contributed by atoms with E-state index in [1.54, 1.807) is 12.3 Å². The molecular formula is C19H14F2N4O3S. The maximum Gasteiger partial charge on any atom is 0.387 e. The van der Waals surface area contributed by atoms with Crippen molar-refractivity contribution in [1.29, 1.82) is 0 Å². The molecule has 1 amide bonds. The third-order valence-electron chi connectivity index (χ3n) is 3.93. The molecule has 0 radical (unpaired) electrons. The molecule has 2 aromatic carbocycles. The van der Waals surface area contributed by atoms with Gasteiger partial charge in [0.2, 0.25) is 5.91 Å². The Hall–Kier alpha value is -3.40. The number of alkyl halides is 2. The number of H-pyrrole nitrogens is 1. The number of hydrogen-bond acceptors (Lipinski definition) is 6. The Kier molecular flexibility index (Phi) is 5.43. The Morgan fingerprint density at radius 1 is 1.17 bits per heavy atom. The molecule has 2 N–H and O–H groups in total. The van der Waals surface area contributed by atoms with Crippen molar-refractivity contribution in [2.24, 2.45) is 0 Å². The van der Waals surface area contributed by atoms with Crippen molar-refractivity contribution in [1.82, 2.24) is 15.2 Å². The van der Waals surface area contributed by atoms with Crippen LogP contribution in [0, 0.1) is 0 Å². The average molecular weight is 416 g/mol. The fourth-order valence-electron chi connectivity index (χ4n) is 2.71. The lowest BCUT2D eigenvalue weighted by molar-refractivity contribution is -0.113. The predicted octanol–water partition coefficient (Wildman–Crippen LogP) is 4.55. The summed E-state index contributed by atoms with van der Waals surface area (Å²) in [6, 6.07) is 13.7. The molecule has 29 heavy (non-hydrogen) atoms. The van der Waals surface area contributed by atoms with Gasteiger partial charge in [-0.1, -0.05) is 42.1 Å². The lowest BCUT2D eigenvalue weighted by atomic mass is 10.2. The van der Waals surface area contributed by atoms with E-state index in [2.05, 4.69) is 25.2 Å². The number of benzene rings is 2. The molecule has 4 rings (SSSR count). The van der Waals surface area contributed by atoms with E-state index >= 15 is 0 Å². The van der Waals surface area contributed by atoms with Crippen LogP contribution in [0.25, 0.3) is 22.4 Å². The first kappa shape index (κ1) is 18.9. The van der Waals surface area contributed by atoms with Gasteiger partial charge in [-0.25, -0.2) is 0 Å². The Balaban J connectivity index is 1.40. The highest BCUT2D eigenvalue weighted by atomic mass is 32.2. The fourth-order valence-corrected chi connectivity index (χ4v) is 3.27. The highest BCUT2D eigenvalue weighted by Crippen LogP contribution is 2.30. The van der Waals surface area contributed by atoms with Gasteiger partial charge in [0.1, 0.15) is 5.75 Å². The van der Waals surface area contributed by atoms with Crippen LogP contribution in [0.3, 0.4) is 0 Å². The van der Waals surface area contributed by atoms with Gasteiger partial charge in [-0.15, -0.1) is 10.2 Å². The number of aromatic amines is 1. The molecule has 2 heterocycles. The van der Waals surface area contributed by atoms with E-state index in [4.69, 9.17) is 4.42 Å². The van der Waals surface area contributed by atoms with E-state index in [0.29, 0.717) is 5.89 Å². The van der Waals surface area contributed by atoms with Crippen LogP contribution in [-0.4, -0.2) is 33.5 Å². The molecule has 0 unspecified atom stereocenters. The van der Waals surface area contributed by atoms with E-state index < -0.39 is 12.5 Å². The Labute approximate surface area is 167 Å². The molecule has 2 aromatic heterocycles. The van der Waals surface area contributed by atoms with Crippen molar-refractivity contribution >= 4 is 34.3 Å². The summed E-state index contributed by atoms with van der Waals surface area (Å²) in [4.78, 5) is 15.3. The number of rotatable bonds is 7. The van der Waals surface area contributed by atoms with Crippen molar-refractivity contribution < 1.29 is 22.7 Å². The van der Waals surface area contributed by atoms with Crippen LogP contribution in [0.5, 0.6) is 5.75 Å². The van der Waals surface area contributed by atoms with Gasteiger partial charge in [-0.05, 0) is 18.2 Å². The summed E-state index contributed by atoms with van der Waals surface area (Å²) < 4.78 is 34.9. The number of hydrogen-bond donors (Lipinski definition) is 2. The zero-order valence-electron chi connectivity index (χ0n) is 14.8. The lowest BCUT2D eigenvalue weighted by Gasteiger charge is -2.11. The number of nitrogens with one attached hydrogen (secondary N) is 2. The Bertz CT molecular complexity index is 1150. The van der Waals surface area contributed by atoms with E-state index in [1.807, 2.05) is 24.3 Å². The van der Waals surface area contributed by atoms with Crippen LogP contribution in [0.4, 0.5) is 14.5 Å². The quantitative estimate of drug-likeness (QED) is 0.430. The number of aromatic nitrogens is 3. The summed E-state index contributed by atoms with van der Waals surface area (Å²) >= 11 is 1.04. The standard InChI is InChI=1S/C19H14F2N4O3S/c20-18(21)27-15-8-4-3-7-14(15)23-16(26)10-29-19-25-24-17(28-19)12-9-22-13-6-2-1-5-11(12)13/h1-9,18,22H,10H2,(H,23,26). The van der Waals surface area contributed by atoms with Crippen LogP contribution in [0.2, 0.25) is 0 Å². The number of para-hydroxylation sites is 3. The largest absolute Gasteiger partial charge is 0.433 e.